The topological polar surface area (TPSA) is 88.4 Å². The highest BCUT2D eigenvalue weighted by molar-refractivity contribution is 6.40. The average Bonchev–Trinajstić information content (AvgIpc) is 3.98. The van der Waals surface area contributed by atoms with Crippen LogP contribution in [0.2, 0.25) is 0 Å². The molecule has 0 aliphatic heterocycles. The maximum absolute atomic E-state index is 11.1. The van der Waals surface area contributed by atoms with Crippen molar-refractivity contribution >= 4 is 71.1 Å². The van der Waals surface area contributed by atoms with E-state index in [-0.39, 0.29) is 0 Å². The molecular weight excluding hydrogens is 757 g/mol. The average molecular weight is 791 g/mol. The van der Waals surface area contributed by atoms with Gasteiger partial charge in [0.05, 0.1) is 56.0 Å². The van der Waals surface area contributed by atoms with E-state index in [4.69, 9.17) is 5.73 Å². The van der Waals surface area contributed by atoms with Crippen LogP contribution in [-0.4, -0.2) is 13.7 Å². The highest BCUT2D eigenvalue weighted by atomic mass is 15.0. The van der Waals surface area contributed by atoms with Gasteiger partial charge in [-0.3, -0.25) is 0 Å². The summed E-state index contributed by atoms with van der Waals surface area (Å²) in [6.45, 7) is 0. The summed E-state index contributed by atoms with van der Waals surface area (Å²) in [5.74, 6) is 0. The molecule has 3 heterocycles. The number of rotatable bonds is 5. The van der Waals surface area contributed by atoms with E-state index >= 15 is 0 Å². The molecule has 6 heteroatoms. The second-order valence-corrected chi connectivity index (χ2v) is 15.8. The third-order valence-electron chi connectivity index (χ3n) is 12.4. The van der Waals surface area contributed by atoms with Gasteiger partial charge in [-0.05, 0) is 101 Å². The molecule has 288 valence electrons. The largest absolute Gasteiger partial charge is 0.399 e. The van der Waals surface area contributed by atoms with Crippen molar-refractivity contribution in [3.05, 3.63) is 205 Å². The molecule has 0 spiro atoms. The maximum Gasteiger partial charge on any atom is 0.101 e. The molecule has 0 saturated carbocycles. The summed E-state index contributed by atoms with van der Waals surface area (Å²) >= 11 is 0. The van der Waals surface area contributed by atoms with E-state index in [1.165, 1.54) is 0 Å². The molecular formula is C56H34N6. The van der Waals surface area contributed by atoms with E-state index in [9.17, 15) is 10.5 Å². The van der Waals surface area contributed by atoms with E-state index in [1.54, 1.807) is 0 Å². The maximum atomic E-state index is 11.1. The molecule has 0 bridgehead atoms. The fraction of sp³-hybridized carbons (Fsp3) is 0. The van der Waals surface area contributed by atoms with Gasteiger partial charge in [-0.15, -0.1) is 0 Å². The lowest BCUT2D eigenvalue weighted by Crippen LogP contribution is -2.00. The second kappa shape index (κ2) is 13.6. The van der Waals surface area contributed by atoms with Crippen molar-refractivity contribution in [1.29, 1.82) is 10.5 Å². The minimum atomic E-state index is 0.570. The number of hydrogen-bond acceptors (Lipinski definition) is 3. The van der Waals surface area contributed by atoms with E-state index in [0.29, 0.717) is 16.8 Å². The SMILES string of the molecule is N#Cc1ccc(-n2c3ccccc3c3c2c2c4ccccc4n(-c4ccc(N)cc4)c2c2c4ccccc4n(-c4ccc(-c5ccc(-c6ccccc6)cc5)cc4C#N)c23)cc1. The Balaban J connectivity index is 1.26. The predicted molar refractivity (Wildman–Crippen MR) is 254 cm³/mol. The van der Waals surface area contributed by atoms with Crippen LogP contribution in [-0.2, 0) is 0 Å². The Morgan fingerprint density at radius 2 is 0.790 bits per heavy atom. The molecule has 3 aromatic heterocycles. The molecule has 2 N–H and O–H groups in total. The summed E-state index contributed by atoms with van der Waals surface area (Å²) in [4.78, 5) is 0. The van der Waals surface area contributed by atoms with Gasteiger partial charge in [-0.25, -0.2) is 0 Å². The molecule has 0 aliphatic carbocycles. The number of nitrogens with two attached hydrogens (primary N) is 1. The van der Waals surface area contributed by atoms with Gasteiger partial charge in [0.1, 0.15) is 6.07 Å². The summed E-state index contributed by atoms with van der Waals surface area (Å²) in [5.41, 5.74) is 21.4. The van der Waals surface area contributed by atoms with Gasteiger partial charge < -0.3 is 19.4 Å². The van der Waals surface area contributed by atoms with Crippen LogP contribution in [0.25, 0.3) is 105 Å². The minimum Gasteiger partial charge on any atom is -0.399 e. The smallest absolute Gasteiger partial charge is 0.101 e. The highest BCUT2D eigenvalue weighted by Crippen LogP contribution is 2.50. The number of anilines is 1. The van der Waals surface area contributed by atoms with Crippen LogP contribution in [0.1, 0.15) is 11.1 Å². The van der Waals surface area contributed by atoms with Crippen molar-refractivity contribution in [2.45, 2.75) is 0 Å². The fourth-order valence-corrected chi connectivity index (χ4v) is 9.73. The van der Waals surface area contributed by atoms with Gasteiger partial charge in [0, 0.05) is 49.4 Å². The first-order chi connectivity index (χ1) is 30.6. The number of nitrogens with zero attached hydrogens (tertiary/aromatic N) is 5. The molecule has 9 aromatic carbocycles. The van der Waals surface area contributed by atoms with Crippen molar-refractivity contribution in [2.24, 2.45) is 0 Å². The van der Waals surface area contributed by atoms with Crippen LogP contribution in [0.15, 0.2) is 194 Å². The molecule has 0 unspecified atom stereocenters. The summed E-state index contributed by atoms with van der Waals surface area (Å²) in [6.07, 6.45) is 0. The summed E-state index contributed by atoms with van der Waals surface area (Å²) in [6, 6.07) is 71.8. The molecule has 12 aromatic rings. The molecule has 0 atom stereocenters. The van der Waals surface area contributed by atoms with Gasteiger partial charge in [0.25, 0.3) is 0 Å². The molecule has 0 radical (unpaired) electrons. The van der Waals surface area contributed by atoms with Gasteiger partial charge in [-0.1, -0.05) is 115 Å². The summed E-state index contributed by atoms with van der Waals surface area (Å²) in [5, 5.41) is 27.4. The van der Waals surface area contributed by atoms with Gasteiger partial charge in [-0.2, -0.15) is 10.5 Å². The Bertz CT molecular complexity index is 3850. The number of para-hydroxylation sites is 3. The zero-order chi connectivity index (χ0) is 41.5. The van der Waals surface area contributed by atoms with Crippen molar-refractivity contribution in [2.75, 3.05) is 5.73 Å². The predicted octanol–water partition coefficient (Wildman–Crippen LogP) is 13.6. The zero-order valence-electron chi connectivity index (χ0n) is 33.3. The number of aromatic nitrogens is 3. The molecule has 6 nitrogen and oxygen atoms in total. The Kier molecular flexibility index (Phi) is 7.71. The Morgan fingerprint density at radius 3 is 1.31 bits per heavy atom. The zero-order valence-corrected chi connectivity index (χ0v) is 33.3. The summed E-state index contributed by atoms with van der Waals surface area (Å²) < 4.78 is 7.04. The fourth-order valence-electron chi connectivity index (χ4n) is 9.73. The highest BCUT2D eigenvalue weighted by Gasteiger charge is 2.29. The normalized spacial score (nSPS) is 11.6. The first-order valence-corrected chi connectivity index (χ1v) is 20.6. The lowest BCUT2D eigenvalue weighted by atomic mass is 9.98. The standard InChI is InChI=1S/C56H34N6/c57-33-35-18-27-42(28-19-35)60-49-16-8-5-13-45(49)52-54(60)51-44-12-4-7-15-48(44)61(43-29-25-41(59)26-30-43)55(51)53-46-14-6-9-17-50(46)62(56(52)53)47-31-24-39(32-40(47)34-58)38-22-20-37(21-23-38)36-10-2-1-3-11-36/h1-32H,59H2. The van der Waals surface area contributed by atoms with Crippen molar-refractivity contribution in [1.82, 2.24) is 13.7 Å². The molecule has 0 aliphatic rings. The van der Waals surface area contributed by atoms with Crippen LogP contribution in [0.5, 0.6) is 0 Å². The molecule has 0 fully saturated rings. The quantitative estimate of drug-likeness (QED) is 0.176. The monoisotopic (exact) mass is 790 g/mol. The third-order valence-corrected chi connectivity index (χ3v) is 12.4. The molecule has 12 rings (SSSR count). The number of hydrogen-bond donors (Lipinski definition) is 1. The van der Waals surface area contributed by atoms with E-state index in [1.807, 2.05) is 48.5 Å². The number of fused-ring (bicyclic) bond motifs is 12. The Morgan fingerprint density at radius 1 is 0.371 bits per heavy atom. The van der Waals surface area contributed by atoms with Gasteiger partial charge in [0.2, 0.25) is 0 Å². The summed E-state index contributed by atoms with van der Waals surface area (Å²) in [7, 11) is 0. The number of nitriles is 2. The van der Waals surface area contributed by atoms with Crippen molar-refractivity contribution < 1.29 is 0 Å². The van der Waals surface area contributed by atoms with E-state index < -0.39 is 0 Å². The van der Waals surface area contributed by atoms with Crippen LogP contribution < -0.4 is 5.73 Å². The van der Waals surface area contributed by atoms with Crippen LogP contribution in [0.3, 0.4) is 0 Å². The van der Waals surface area contributed by atoms with E-state index in [0.717, 1.165) is 105 Å². The van der Waals surface area contributed by atoms with Gasteiger partial charge in [0.15, 0.2) is 0 Å². The van der Waals surface area contributed by atoms with E-state index in [2.05, 4.69) is 171 Å². The van der Waals surface area contributed by atoms with Crippen molar-refractivity contribution in [3.63, 3.8) is 0 Å². The molecule has 62 heavy (non-hydrogen) atoms. The number of benzene rings is 9. The number of nitrogen functional groups attached to an aromatic ring is 1. The molecule has 0 saturated heterocycles. The van der Waals surface area contributed by atoms with Crippen LogP contribution in [0.4, 0.5) is 5.69 Å². The second-order valence-electron chi connectivity index (χ2n) is 15.8. The van der Waals surface area contributed by atoms with Crippen LogP contribution in [0, 0.1) is 22.7 Å². The van der Waals surface area contributed by atoms with Crippen molar-refractivity contribution in [3.8, 4) is 51.5 Å². The van der Waals surface area contributed by atoms with Gasteiger partial charge >= 0.3 is 0 Å². The lowest BCUT2D eigenvalue weighted by molar-refractivity contribution is 1.16. The van der Waals surface area contributed by atoms with Crippen LogP contribution >= 0.6 is 0 Å². The Labute approximate surface area is 356 Å². The molecule has 0 amide bonds. The first kappa shape index (κ1) is 35.1. The first-order valence-electron chi connectivity index (χ1n) is 20.6. The minimum absolute atomic E-state index is 0.570. The lowest BCUT2D eigenvalue weighted by Gasteiger charge is -2.15. The third kappa shape index (κ3) is 5.08. The Hall–Kier alpha value is -8.84.